The number of aryl methyl sites for hydroxylation is 1. The highest BCUT2D eigenvalue weighted by Gasteiger charge is 2.11. The second-order valence-corrected chi connectivity index (χ2v) is 4.85. The molecule has 2 rings (SSSR count). The SMILES string of the molecule is Cc1ccc(NC(=O)CNC(=O)CNC(=O)c2ccco2)cc1. The number of furan rings is 1. The van der Waals surface area contributed by atoms with Gasteiger partial charge in [-0.25, -0.2) is 0 Å². The van der Waals surface area contributed by atoms with Crippen molar-refractivity contribution in [3.63, 3.8) is 0 Å². The highest BCUT2D eigenvalue weighted by Crippen LogP contribution is 2.07. The summed E-state index contributed by atoms with van der Waals surface area (Å²) in [6.07, 6.45) is 1.37. The number of anilines is 1. The standard InChI is InChI=1S/C16H17N3O4/c1-11-4-6-12(7-5-11)19-15(21)10-17-14(20)9-18-16(22)13-3-2-8-23-13/h2-8H,9-10H2,1H3,(H,17,20)(H,18,22)(H,19,21). The highest BCUT2D eigenvalue weighted by molar-refractivity contribution is 5.96. The lowest BCUT2D eigenvalue weighted by molar-refractivity contribution is -0.123. The molecule has 0 spiro atoms. The molecule has 3 amide bonds. The van der Waals surface area contributed by atoms with Crippen LogP contribution in [0.25, 0.3) is 0 Å². The molecule has 1 aromatic carbocycles. The monoisotopic (exact) mass is 315 g/mol. The number of benzene rings is 1. The third kappa shape index (κ3) is 5.31. The number of hydrogen-bond acceptors (Lipinski definition) is 4. The molecular weight excluding hydrogens is 298 g/mol. The van der Waals surface area contributed by atoms with Crippen molar-refractivity contribution in [3.05, 3.63) is 54.0 Å². The van der Waals surface area contributed by atoms with Crippen LogP contribution in [0.1, 0.15) is 16.1 Å². The summed E-state index contributed by atoms with van der Waals surface area (Å²) in [6, 6.07) is 10.4. The summed E-state index contributed by atoms with van der Waals surface area (Å²) in [5.41, 5.74) is 1.74. The molecule has 0 saturated heterocycles. The molecule has 23 heavy (non-hydrogen) atoms. The molecule has 0 radical (unpaired) electrons. The molecule has 0 aliphatic heterocycles. The first kappa shape index (κ1) is 16.3. The maximum absolute atomic E-state index is 11.7. The number of carbonyl (C=O) groups excluding carboxylic acids is 3. The van der Waals surface area contributed by atoms with Crippen molar-refractivity contribution in [2.75, 3.05) is 18.4 Å². The molecule has 0 aliphatic rings. The molecule has 2 aromatic rings. The summed E-state index contributed by atoms with van der Waals surface area (Å²) >= 11 is 0. The molecule has 7 nitrogen and oxygen atoms in total. The van der Waals surface area contributed by atoms with Gasteiger partial charge in [-0.15, -0.1) is 0 Å². The highest BCUT2D eigenvalue weighted by atomic mass is 16.3. The van der Waals surface area contributed by atoms with Crippen LogP contribution in [0, 0.1) is 6.92 Å². The normalized spacial score (nSPS) is 9.96. The number of rotatable bonds is 6. The lowest BCUT2D eigenvalue weighted by Gasteiger charge is -2.07. The van der Waals surface area contributed by atoms with Crippen LogP contribution in [-0.2, 0) is 9.59 Å². The summed E-state index contributed by atoms with van der Waals surface area (Å²) in [7, 11) is 0. The number of hydrogen-bond donors (Lipinski definition) is 3. The van der Waals surface area contributed by atoms with Gasteiger partial charge in [-0.05, 0) is 31.2 Å². The van der Waals surface area contributed by atoms with Crippen LogP contribution in [0.3, 0.4) is 0 Å². The van der Waals surface area contributed by atoms with E-state index in [4.69, 9.17) is 4.42 Å². The molecule has 0 aliphatic carbocycles. The van der Waals surface area contributed by atoms with Crippen molar-refractivity contribution in [2.45, 2.75) is 6.92 Å². The Balaban J connectivity index is 1.68. The van der Waals surface area contributed by atoms with E-state index in [9.17, 15) is 14.4 Å². The van der Waals surface area contributed by atoms with E-state index in [-0.39, 0.29) is 24.8 Å². The molecule has 0 bridgehead atoms. The predicted molar refractivity (Wildman–Crippen MR) is 83.9 cm³/mol. The molecule has 0 unspecified atom stereocenters. The smallest absolute Gasteiger partial charge is 0.287 e. The summed E-state index contributed by atoms with van der Waals surface area (Å²) in [5, 5.41) is 7.46. The molecule has 0 atom stereocenters. The van der Waals surface area contributed by atoms with Crippen LogP contribution in [0.5, 0.6) is 0 Å². The topological polar surface area (TPSA) is 100 Å². The third-order valence-corrected chi connectivity index (χ3v) is 2.94. The van der Waals surface area contributed by atoms with E-state index in [1.807, 2.05) is 19.1 Å². The van der Waals surface area contributed by atoms with Crippen molar-refractivity contribution < 1.29 is 18.8 Å². The van der Waals surface area contributed by atoms with Crippen LogP contribution < -0.4 is 16.0 Å². The van der Waals surface area contributed by atoms with Gasteiger partial charge in [0.2, 0.25) is 11.8 Å². The van der Waals surface area contributed by atoms with E-state index in [1.165, 1.54) is 12.3 Å². The molecule has 1 aromatic heterocycles. The van der Waals surface area contributed by atoms with E-state index in [0.717, 1.165) is 5.56 Å². The summed E-state index contributed by atoms with van der Waals surface area (Å²) < 4.78 is 4.89. The van der Waals surface area contributed by atoms with Gasteiger partial charge in [0.25, 0.3) is 5.91 Å². The molecule has 0 saturated carbocycles. The van der Waals surface area contributed by atoms with Gasteiger partial charge in [-0.1, -0.05) is 17.7 Å². The van der Waals surface area contributed by atoms with Crippen molar-refractivity contribution in [2.24, 2.45) is 0 Å². The third-order valence-electron chi connectivity index (χ3n) is 2.94. The molecule has 0 fully saturated rings. The van der Waals surface area contributed by atoms with Crippen LogP contribution in [-0.4, -0.2) is 30.8 Å². The van der Waals surface area contributed by atoms with Gasteiger partial charge in [-0.2, -0.15) is 0 Å². The minimum Gasteiger partial charge on any atom is -0.459 e. The average molecular weight is 315 g/mol. The van der Waals surface area contributed by atoms with Crippen LogP contribution in [0.15, 0.2) is 47.1 Å². The first-order valence-corrected chi connectivity index (χ1v) is 6.99. The van der Waals surface area contributed by atoms with Gasteiger partial charge >= 0.3 is 0 Å². The molecule has 1 heterocycles. The Bertz CT molecular complexity index is 678. The van der Waals surface area contributed by atoms with E-state index in [0.29, 0.717) is 5.69 Å². The van der Waals surface area contributed by atoms with Gasteiger partial charge in [0.15, 0.2) is 5.76 Å². The summed E-state index contributed by atoms with van der Waals surface area (Å²) in [5.74, 6) is -1.19. The maximum atomic E-state index is 11.7. The van der Waals surface area contributed by atoms with E-state index in [2.05, 4.69) is 16.0 Å². The maximum Gasteiger partial charge on any atom is 0.287 e. The molecule has 3 N–H and O–H groups in total. The predicted octanol–water partition coefficient (Wildman–Crippen LogP) is 1.07. The molecular formula is C16H17N3O4. The van der Waals surface area contributed by atoms with E-state index < -0.39 is 11.8 Å². The Morgan fingerprint density at radius 1 is 0.957 bits per heavy atom. The Hall–Kier alpha value is -3.09. The zero-order chi connectivity index (χ0) is 16.7. The second-order valence-electron chi connectivity index (χ2n) is 4.85. The largest absolute Gasteiger partial charge is 0.459 e. The first-order valence-electron chi connectivity index (χ1n) is 6.99. The van der Waals surface area contributed by atoms with Crippen LogP contribution in [0.4, 0.5) is 5.69 Å². The fourth-order valence-electron chi connectivity index (χ4n) is 1.74. The number of nitrogens with one attached hydrogen (secondary N) is 3. The van der Waals surface area contributed by atoms with Crippen molar-refractivity contribution >= 4 is 23.4 Å². The van der Waals surface area contributed by atoms with Gasteiger partial charge in [0.1, 0.15) is 0 Å². The lowest BCUT2D eigenvalue weighted by Crippen LogP contribution is -2.40. The Kier molecular flexibility index (Phi) is 5.51. The Morgan fingerprint density at radius 3 is 2.30 bits per heavy atom. The Morgan fingerprint density at radius 2 is 1.65 bits per heavy atom. The van der Waals surface area contributed by atoms with Gasteiger partial charge in [0.05, 0.1) is 19.4 Å². The van der Waals surface area contributed by atoms with Gasteiger partial charge < -0.3 is 20.4 Å². The van der Waals surface area contributed by atoms with Gasteiger partial charge in [0, 0.05) is 5.69 Å². The minimum absolute atomic E-state index is 0.120. The van der Waals surface area contributed by atoms with E-state index >= 15 is 0 Å². The minimum atomic E-state index is -0.491. The fraction of sp³-hybridized carbons (Fsp3) is 0.188. The number of amides is 3. The fourth-order valence-corrected chi connectivity index (χ4v) is 1.74. The zero-order valence-corrected chi connectivity index (χ0v) is 12.6. The van der Waals surface area contributed by atoms with Crippen molar-refractivity contribution in [1.82, 2.24) is 10.6 Å². The van der Waals surface area contributed by atoms with Crippen LogP contribution >= 0.6 is 0 Å². The first-order chi connectivity index (χ1) is 11.0. The Labute approximate surface area is 133 Å². The lowest BCUT2D eigenvalue weighted by atomic mass is 10.2. The summed E-state index contributed by atoms with van der Waals surface area (Å²) in [4.78, 5) is 34.8. The van der Waals surface area contributed by atoms with Crippen molar-refractivity contribution in [3.8, 4) is 0 Å². The summed E-state index contributed by atoms with van der Waals surface area (Å²) in [6.45, 7) is 1.53. The number of carbonyl (C=O) groups is 3. The molecule has 120 valence electrons. The van der Waals surface area contributed by atoms with Crippen LogP contribution in [0.2, 0.25) is 0 Å². The van der Waals surface area contributed by atoms with E-state index in [1.54, 1.807) is 18.2 Å². The quantitative estimate of drug-likeness (QED) is 0.742. The average Bonchev–Trinajstić information content (AvgIpc) is 3.07. The second kappa shape index (κ2) is 7.79. The van der Waals surface area contributed by atoms with Gasteiger partial charge in [-0.3, -0.25) is 14.4 Å². The van der Waals surface area contributed by atoms with Crippen molar-refractivity contribution in [1.29, 1.82) is 0 Å². The molecule has 7 heteroatoms. The zero-order valence-electron chi connectivity index (χ0n) is 12.6.